The number of nitrogens with zero attached hydrogens (tertiary/aromatic N) is 4. The van der Waals surface area contributed by atoms with E-state index < -0.39 is 0 Å². The van der Waals surface area contributed by atoms with Crippen molar-refractivity contribution in [1.82, 2.24) is 19.5 Å². The Hall–Kier alpha value is -3.53. The van der Waals surface area contributed by atoms with Crippen LogP contribution in [-0.2, 0) is 0 Å². The average Bonchev–Trinajstić information content (AvgIpc) is 3.19. The lowest BCUT2D eigenvalue weighted by molar-refractivity contribution is 1.06. The topological polar surface area (TPSA) is 43.6 Å². The van der Waals surface area contributed by atoms with Gasteiger partial charge in [-0.25, -0.2) is 4.98 Å². The molecule has 0 bridgehead atoms. The second kappa shape index (κ2) is 6.53. The Morgan fingerprint density at radius 2 is 1.56 bits per heavy atom. The number of imidazole rings is 1. The van der Waals surface area contributed by atoms with E-state index in [0.29, 0.717) is 0 Å². The molecular formula is C21H16N4. The van der Waals surface area contributed by atoms with E-state index in [2.05, 4.69) is 39.7 Å². The predicted octanol–water partition coefficient (Wildman–Crippen LogP) is 4.64. The van der Waals surface area contributed by atoms with Gasteiger partial charge in [-0.1, -0.05) is 30.9 Å². The van der Waals surface area contributed by atoms with Gasteiger partial charge in [0.15, 0.2) is 0 Å². The molecule has 1 aromatic carbocycles. The normalized spacial score (nSPS) is 10.6. The monoisotopic (exact) mass is 324 g/mol. The highest BCUT2D eigenvalue weighted by atomic mass is 15.0. The van der Waals surface area contributed by atoms with Crippen molar-refractivity contribution in [1.29, 1.82) is 0 Å². The summed E-state index contributed by atoms with van der Waals surface area (Å²) in [7, 11) is 0. The van der Waals surface area contributed by atoms with Crippen LogP contribution in [0.15, 0.2) is 86.1 Å². The van der Waals surface area contributed by atoms with Crippen LogP contribution in [0.4, 0.5) is 0 Å². The number of hydrogen-bond acceptors (Lipinski definition) is 3. The second-order valence-electron chi connectivity index (χ2n) is 5.57. The van der Waals surface area contributed by atoms with Crippen LogP contribution in [0.3, 0.4) is 0 Å². The molecule has 0 aliphatic carbocycles. The van der Waals surface area contributed by atoms with Gasteiger partial charge < -0.3 is 4.57 Å². The minimum atomic E-state index is 0.842. The molecule has 3 heterocycles. The van der Waals surface area contributed by atoms with E-state index in [1.165, 1.54) is 0 Å². The molecule has 4 aromatic rings. The molecular weight excluding hydrogens is 308 g/mol. The van der Waals surface area contributed by atoms with Gasteiger partial charge in [-0.3, -0.25) is 9.97 Å². The molecule has 4 heteroatoms. The molecule has 0 saturated heterocycles. The molecule has 25 heavy (non-hydrogen) atoms. The Kier molecular flexibility index (Phi) is 3.92. The highest BCUT2D eigenvalue weighted by molar-refractivity contribution is 5.74. The summed E-state index contributed by atoms with van der Waals surface area (Å²) in [4.78, 5) is 13.2. The summed E-state index contributed by atoms with van der Waals surface area (Å²) >= 11 is 0. The lowest BCUT2D eigenvalue weighted by atomic mass is 10.0. The number of pyridine rings is 2. The average molecular weight is 324 g/mol. The molecule has 4 rings (SSSR count). The van der Waals surface area contributed by atoms with Crippen molar-refractivity contribution in [2.45, 2.75) is 0 Å². The fourth-order valence-corrected chi connectivity index (χ4v) is 2.75. The first-order valence-corrected chi connectivity index (χ1v) is 7.99. The first-order valence-electron chi connectivity index (χ1n) is 7.99. The molecule has 0 N–H and O–H groups in total. The van der Waals surface area contributed by atoms with Gasteiger partial charge in [0.05, 0.1) is 17.7 Å². The first-order chi connectivity index (χ1) is 12.3. The fraction of sp³-hybridized carbons (Fsp3) is 0. The molecule has 0 unspecified atom stereocenters. The molecule has 0 spiro atoms. The molecule has 0 atom stereocenters. The van der Waals surface area contributed by atoms with E-state index in [9.17, 15) is 0 Å². The van der Waals surface area contributed by atoms with Gasteiger partial charge in [0.2, 0.25) is 0 Å². The molecule has 120 valence electrons. The van der Waals surface area contributed by atoms with Gasteiger partial charge >= 0.3 is 0 Å². The summed E-state index contributed by atoms with van der Waals surface area (Å²) in [6.45, 7) is 3.94. The van der Waals surface area contributed by atoms with Crippen LogP contribution in [0.2, 0.25) is 0 Å². The van der Waals surface area contributed by atoms with Gasteiger partial charge in [-0.05, 0) is 42.0 Å². The lowest BCUT2D eigenvalue weighted by Crippen LogP contribution is -1.93. The third-order valence-corrected chi connectivity index (χ3v) is 4.00. The van der Waals surface area contributed by atoms with Gasteiger partial charge in [0.25, 0.3) is 0 Å². The largest absolute Gasteiger partial charge is 0.306 e. The van der Waals surface area contributed by atoms with Gasteiger partial charge in [-0.15, -0.1) is 0 Å². The Morgan fingerprint density at radius 3 is 2.24 bits per heavy atom. The maximum atomic E-state index is 4.46. The third kappa shape index (κ3) is 2.97. The zero-order valence-corrected chi connectivity index (χ0v) is 13.6. The van der Waals surface area contributed by atoms with Crippen molar-refractivity contribution >= 4 is 6.08 Å². The fourth-order valence-electron chi connectivity index (χ4n) is 2.75. The van der Waals surface area contributed by atoms with Crippen molar-refractivity contribution in [3.63, 3.8) is 0 Å². The minimum absolute atomic E-state index is 0.842. The van der Waals surface area contributed by atoms with Gasteiger partial charge in [0, 0.05) is 29.8 Å². The molecule has 0 aliphatic rings. The zero-order chi connectivity index (χ0) is 17.1. The molecule has 0 amide bonds. The highest BCUT2D eigenvalue weighted by Crippen LogP contribution is 2.26. The molecule has 3 aromatic heterocycles. The van der Waals surface area contributed by atoms with E-state index in [4.69, 9.17) is 0 Å². The Bertz CT molecular complexity index is 1000. The van der Waals surface area contributed by atoms with Crippen molar-refractivity contribution < 1.29 is 0 Å². The SMILES string of the molecule is C=Cc1cc(-n2cnc(-c3ccccn3)c2)ccc1-c1ccccn1. The summed E-state index contributed by atoms with van der Waals surface area (Å²) in [6, 6.07) is 17.9. The van der Waals surface area contributed by atoms with Crippen LogP contribution >= 0.6 is 0 Å². The van der Waals surface area contributed by atoms with Crippen molar-refractivity contribution in [3.05, 3.63) is 91.7 Å². The maximum absolute atomic E-state index is 4.46. The Morgan fingerprint density at radius 1 is 0.800 bits per heavy atom. The van der Waals surface area contributed by atoms with E-state index in [0.717, 1.165) is 33.9 Å². The molecule has 4 nitrogen and oxygen atoms in total. The molecule has 0 aliphatic heterocycles. The van der Waals surface area contributed by atoms with Crippen LogP contribution in [0, 0.1) is 0 Å². The lowest BCUT2D eigenvalue weighted by Gasteiger charge is -2.09. The first kappa shape index (κ1) is 15.0. The van der Waals surface area contributed by atoms with Crippen LogP contribution in [0.1, 0.15) is 5.56 Å². The Balaban J connectivity index is 1.73. The minimum Gasteiger partial charge on any atom is -0.306 e. The number of benzene rings is 1. The van der Waals surface area contributed by atoms with E-state index >= 15 is 0 Å². The van der Waals surface area contributed by atoms with Crippen molar-refractivity contribution in [2.24, 2.45) is 0 Å². The van der Waals surface area contributed by atoms with E-state index in [1.54, 1.807) is 18.7 Å². The summed E-state index contributed by atoms with van der Waals surface area (Å²) in [5.41, 5.74) is 5.74. The summed E-state index contributed by atoms with van der Waals surface area (Å²) in [5.74, 6) is 0. The smallest absolute Gasteiger partial charge is 0.107 e. The van der Waals surface area contributed by atoms with Crippen molar-refractivity contribution in [2.75, 3.05) is 0 Å². The van der Waals surface area contributed by atoms with E-state index in [1.807, 2.05) is 53.2 Å². The quantitative estimate of drug-likeness (QED) is 0.549. The van der Waals surface area contributed by atoms with Crippen LogP contribution in [0.25, 0.3) is 34.4 Å². The van der Waals surface area contributed by atoms with Gasteiger partial charge in [-0.2, -0.15) is 0 Å². The highest BCUT2D eigenvalue weighted by Gasteiger charge is 2.08. The third-order valence-electron chi connectivity index (χ3n) is 4.00. The second-order valence-corrected chi connectivity index (χ2v) is 5.57. The molecule has 0 fully saturated rings. The summed E-state index contributed by atoms with van der Waals surface area (Å²) in [5, 5.41) is 0. The van der Waals surface area contributed by atoms with Gasteiger partial charge in [0.1, 0.15) is 5.69 Å². The van der Waals surface area contributed by atoms with Crippen LogP contribution < -0.4 is 0 Å². The zero-order valence-electron chi connectivity index (χ0n) is 13.6. The number of aromatic nitrogens is 4. The number of hydrogen-bond donors (Lipinski definition) is 0. The predicted molar refractivity (Wildman–Crippen MR) is 100 cm³/mol. The van der Waals surface area contributed by atoms with Crippen molar-refractivity contribution in [3.8, 4) is 28.3 Å². The van der Waals surface area contributed by atoms with E-state index in [-0.39, 0.29) is 0 Å². The molecule has 0 saturated carbocycles. The standard InChI is InChI=1S/C21H16N4/c1-2-16-13-17(9-10-18(16)19-7-3-5-11-22-19)25-14-21(24-15-25)20-8-4-6-12-23-20/h2-15H,1H2. The summed E-state index contributed by atoms with van der Waals surface area (Å²) in [6.07, 6.45) is 9.19. The van der Waals surface area contributed by atoms with Crippen LogP contribution in [0.5, 0.6) is 0 Å². The molecule has 0 radical (unpaired) electrons. The number of rotatable bonds is 4. The van der Waals surface area contributed by atoms with Crippen LogP contribution in [-0.4, -0.2) is 19.5 Å². The summed E-state index contributed by atoms with van der Waals surface area (Å²) < 4.78 is 1.99. The Labute approximate surface area is 146 Å². The maximum Gasteiger partial charge on any atom is 0.107 e.